The maximum Gasteiger partial charge on any atom is 0.251 e. The summed E-state index contributed by atoms with van der Waals surface area (Å²) in [7, 11) is -12.1. The zero-order valence-electron chi connectivity index (χ0n) is 26.2. The Balaban J connectivity index is 1.45. The number of carbonyl (C=O) groups is 1. The number of amides is 1. The van der Waals surface area contributed by atoms with E-state index in [1.165, 1.54) is 41.3 Å². The highest BCUT2D eigenvalue weighted by Crippen LogP contribution is 2.41. The number of nitrogens with two attached hydrogens (primary N) is 2. The topological polar surface area (TPSA) is 299 Å². The van der Waals surface area contributed by atoms with Crippen LogP contribution in [-0.4, -0.2) is 93.8 Å². The maximum atomic E-state index is 12.9. The number of sulfone groups is 1. The summed E-state index contributed by atoms with van der Waals surface area (Å²) in [6.45, 7) is 0.342. The second-order valence-electron chi connectivity index (χ2n) is 11.4. The van der Waals surface area contributed by atoms with Crippen molar-refractivity contribution in [3.63, 3.8) is 0 Å². The third kappa shape index (κ3) is 6.50. The zero-order valence-corrected chi connectivity index (χ0v) is 28.6. The van der Waals surface area contributed by atoms with Gasteiger partial charge >= 0.3 is 0 Å². The highest BCUT2D eigenvalue weighted by atomic mass is 32.2. The summed E-state index contributed by atoms with van der Waals surface area (Å²) in [6, 6.07) is 11.8. The van der Waals surface area contributed by atoms with Crippen molar-refractivity contribution in [3.8, 4) is 50.7 Å². The van der Waals surface area contributed by atoms with Gasteiger partial charge in [0, 0.05) is 35.7 Å². The number of primary sulfonamides is 2. The number of rotatable bonds is 10. The van der Waals surface area contributed by atoms with Gasteiger partial charge in [-0.2, -0.15) is 10.3 Å². The SMILES string of the molecule is CS(=O)(=O)CCn1cc(-c2cccc(S(N)(=O)=O)c2-c2nnn(-c3ccc(S(N)(=O)=O)c(-c4nn[nH]n4)c3-c3ccc4c(c3)C(=O)NC4)n2)cn1. The van der Waals surface area contributed by atoms with Crippen molar-refractivity contribution >= 4 is 35.8 Å². The molecule has 0 fully saturated rings. The molecule has 262 valence electrons. The van der Waals surface area contributed by atoms with Crippen LogP contribution in [0.25, 0.3) is 50.7 Å². The van der Waals surface area contributed by atoms with Crippen molar-refractivity contribution < 1.29 is 30.0 Å². The van der Waals surface area contributed by atoms with Gasteiger partial charge in [-0.15, -0.1) is 25.2 Å². The van der Waals surface area contributed by atoms with E-state index in [2.05, 4.69) is 46.5 Å². The van der Waals surface area contributed by atoms with Crippen LogP contribution in [0.1, 0.15) is 15.9 Å². The monoisotopic (exact) mass is 751 g/mol. The van der Waals surface area contributed by atoms with Crippen LogP contribution in [0.3, 0.4) is 0 Å². The van der Waals surface area contributed by atoms with E-state index in [1.807, 2.05) is 0 Å². The van der Waals surface area contributed by atoms with Gasteiger partial charge in [-0.25, -0.2) is 35.5 Å². The van der Waals surface area contributed by atoms with Gasteiger partial charge in [-0.3, -0.25) is 9.48 Å². The summed E-state index contributed by atoms with van der Waals surface area (Å²) in [5.74, 6) is -0.878. The highest BCUT2D eigenvalue weighted by Gasteiger charge is 2.30. The van der Waals surface area contributed by atoms with Crippen LogP contribution >= 0.6 is 0 Å². The number of H-pyrrole nitrogens is 1. The smallest absolute Gasteiger partial charge is 0.251 e. The maximum absolute atomic E-state index is 12.9. The number of aromatic nitrogens is 10. The number of aromatic amines is 1. The van der Waals surface area contributed by atoms with E-state index in [4.69, 9.17) is 10.3 Å². The zero-order chi connectivity index (χ0) is 36.3. The first-order chi connectivity index (χ1) is 24.1. The molecule has 0 saturated carbocycles. The molecule has 6 N–H and O–H groups in total. The van der Waals surface area contributed by atoms with Gasteiger partial charge in [0.15, 0.2) is 0 Å². The van der Waals surface area contributed by atoms with Gasteiger partial charge in [-0.05, 0) is 51.4 Å². The number of fused-ring (bicyclic) bond motifs is 1. The third-order valence-electron chi connectivity index (χ3n) is 7.92. The van der Waals surface area contributed by atoms with Crippen LogP contribution in [0, 0.1) is 0 Å². The van der Waals surface area contributed by atoms with E-state index in [-0.39, 0.29) is 67.6 Å². The Morgan fingerprint density at radius 1 is 0.843 bits per heavy atom. The van der Waals surface area contributed by atoms with Gasteiger partial charge in [0.05, 0.1) is 45.1 Å². The van der Waals surface area contributed by atoms with Crippen LogP contribution in [-0.2, 0) is 43.0 Å². The molecule has 20 nitrogen and oxygen atoms in total. The molecule has 51 heavy (non-hydrogen) atoms. The summed E-state index contributed by atoms with van der Waals surface area (Å²) in [5.41, 5.74) is 2.18. The average molecular weight is 752 g/mol. The van der Waals surface area contributed by atoms with Gasteiger partial charge in [0.25, 0.3) is 5.91 Å². The first-order valence-corrected chi connectivity index (χ1v) is 19.8. The average Bonchev–Trinajstić information content (AvgIpc) is 3.90. The summed E-state index contributed by atoms with van der Waals surface area (Å²) < 4.78 is 76.3. The van der Waals surface area contributed by atoms with Gasteiger partial charge in [0.1, 0.15) is 9.84 Å². The molecule has 23 heteroatoms. The molecule has 0 bridgehead atoms. The Morgan fingerprint density at radius 3 is 2.31 bits per heavy atom. The van der Waals surface area contributed by atoms with E-state index in [1.54, 1.807) is 24.3 Å². The number of benzene rings is 3. The van der Waals surface area contributed by atoms with Gasteiger partial charge in [0.2, 0.25) is 31.7 Å². The van der Waals surface area contributed by atoms with Crippen molar-refractivity contribution in [2.45, 2.75) is 22.9 Å². The lowest BCUT2D eigenvalue weighted by Crippen LogP contribution is -2.16. The van der Waals surface area contributed by atoms with Crippen LogP contribution in [0.15, 0.2) is 70.7 Å². The van der Waals surface area contributed by atoms with Crippen LogP contribution < -0.4 is 15.6 Å². The number of hydrogen-bond donors (Lipinski definition) is 4. The molecule has 1 amide bonds. The van der Waals surface area contributed by atoms with Crippen molar-refractivity contribution in [1.82, 2.24) is 55.9 Å². The molecule has 7 rings (SSSR count). The van der Waals surface area contributed by atoms with Crippen molar-refractivity contribution in [1.29, 1.82) is 0 Å². The summed E-state index contributed by atoms with van der Waals surface area (Å²) in [5, 5.41) is 45.0. The van der Waals surface area contributed by atoms with Gasteiger partial charge in [-0.1, -0.05) is 24.3 Å². The van der Waals surface area contributed by atoms with E-state index >= 15 is 0 Å². The Kier molecular flexibility index (Phi) is 8.09. The third-order valence-corrected chi connectivity index (χ3v) is 10.8. The lowest BCUT2D eigenvalue weighted by molar-refractivity contribution is 0.0965. The number of nitrogens with one attached hydrogen (secondary N) is 2. The van der Waals surface area contributed by atoms with Crippen molar-refractivity contribution in [2.75, 3.05) is 12.0 Å². The molecule has 0 aliphatic carbocycles. The molecule has 0 spiro atoms. The quantitative estimate of drug-likeness (QED) is 0.139. The van der Waals surface area contributed by atoms with E-state index in [0.29, 0.717) is 28.8 Å². The number of carbonyl (C=O) groups excluding carboxylic acids is 1. The Hall–Kier alpha value is -5.75. The molecular formula is C28H25N13O7S3. The molecule has 0 atom stereocenters. The minimum Gasteiger partial charge on any atom is -0.348 e. The standard InChI is InChI=1S/C28H25N13O7S3/c1-49(43,44)10-9-40-14-17(13-32-40)18-3-2-4-21(50(29,45)46)24(18)27-35-39-41(36-27)20-7-8-22(51(30,47)48)25(26-33-37-38-34-26)23(20)15-5-6-16-12-31-28(42)19(16)11-15/h2-8,11,13-14H,9-10,12H2,1H3,(H,31,42)(H2,29,45,46)(H2,30,47,48)(H,33,34,37,38). The number of tetrazole rings is 2. The molecule has 1 aliphatic rings. The molecule has 0 radical (unpaired) electrons. The highest BCUT2D eigenvalue weighted by molar-refractivity contribution is 7.90. The molecule has 0 unspecified atom stereocenters. The molecule has 6 aromatic rings. The minimum absolute atomic E-state index is 0.0378. The number of aryl methyl sites for hydroxylation is 1. The van der Waals surface area contributed by atoms with Crippen LogP contribution in [0.4, 0.5) is 0 Å². The van der Waals surface area contributed by atoms with E-state index in [9.17, 15) is 30.0 Å². The molecule has 4 heterocycles. The lowest BCUT2D eigenvalue weighted by atomic mass is 9.94. The second kappa shape index (κ2) is 12.2. The van der Waals surface area contributed by atoms with Crippen molar-refractivity contribution in [2.24, 2.45) is 10.3 Å². The largest absolute Gasteiger partial charge is 0.348 e. The predicted molar refractivity (Wildman–Crippen MR) is 178 cm³/mol. The molecule has 0 saturated heterocycles. The Labute approximate surface area is 288 Å². The van der Waals surface area contributed by atoms with Gasteiger partial charge < -0.3 is 5.32 Å². The first kappa shape index (κ1) is 33.7. The number of nitrogens with zero attached hydrogens (tertiary/aromatic N) is 9. The van der Waals surface area contributed by atoms with Crippen LogP contribution in [0.5, 0.6) is 0 Å². The molecule has 3 aromatic carbocycles. The van der Waals surface area contributed by atoms with E-state index < -0.39 is 29.9 Å². The Bertz CT molecular complexity index is 2710. The van der Waals surface area contributed by atoms with E-state index in [0.717, 1.165) is 11.1 Å². The van der Waals surface area contributed by atoms with Crippen molar-refractivity contribution in [3.05, 3.63) is 72.1 Å². The fourth-order valence-electron chi connectivity index (χ4n) is 5.67. The summed E-state index contributed by atoms with van der Waals surface area (Å²) in [4.78, 5) is 13.0. The molecular weight excluding hydrogens is 727 g/mol. The molecule has 1 aliphatic heterocycles. The fraction of sp³-hybridized carbons (Fsp3) is 0.143. The first-order valence-electron chi connectivity index (χ1n) is 14.6. The normalized spacial score (nSPS) is 13.4. The second-order valence-corrected chi connectivity index (χ2v) is 16.7. The summed E-state index contributed by atoms with van der Waals surface area (Å²) in [6.07, 6.45) is 4.05. The fourth-order valence-corrected chi connectivity index (χ4v) is 7.67. The molecule has 3 aromatic heterocycles. The minimum atomic E-state index is -4.41. The number of sulfonamides is 2. The Morgan fingerprint density at radius 2 is 1.61 bits per heavy atom. The van der Waals surface area contributed by atoms with Crippen LogP contribution in [0.2, 0.25) is 0 Å². The summed E-state index contributed by atoms with van der Waals surface area (Å²) >= 11 is 0. The lowest BCUT2D eigenvalue weighted by Gasteiger charge is -2.16. The number of hydrogen-bond acceptors (Lipinski definition) is 14. The predicted octanol–water partition coefficient (Wildman–Crippen LogP) is -0.377.